The molecule has 2 aromatic heterocycles. The first kappa shape index (κ1) is 12.0. The van der Waals surface area contributed by atoms with Crippen LogP contribution in [0.3, 0.4) is 0 Å². The van der Waals surface area contributed by atoms with Crippen molar-refractivity contribution < 1.29 is 5.11 Å². The van der Waals surface area contributed by atoms with E-state index in [4.69, 9.17) is 0 Å². The summed E-state index contributed by atoms with van der Waals surface area (Å²) in [6.45, 7) is 2.19. The Kier molecular flexibility index (Phi) is 3.26. The third-order valence-electron chi connectivity index (χ3n) is 3.52. The fraction of sp³-hybridized carbons (Fsp3) is 0.462. The van der Waals surface area contributed by atoms with Crippen LogP contribution in [-0.4, -0.2) is 27.6 Å². The molecule has 2 N–H and O–H groups in total. The summed E-state index contributed by atoms with van der Waals surface area (Å²) >= 11 is 3.48. The smallest absolute Gasteiger partial charge is 0.132 e. The number of nitrogens with zero attached hydrogens (tertiary/aromatic N) is 2. The highest BCUT2D eigenvalue weighted by Crippen LogP contribution is 2.24. The third kappa shape index (κ3) is 2.24. The first-order chi connectivity index (χ1) is 8.74. The lowest BCUT2D eigenvalue weighted by molar-refractivity contribution is 0.370. The monoisotopic (exact) mass is 309 g/mol. The van der Waals surface area contributed by atoms with Crippen LogP contribution < -0.4 is 5.32 Å². The van der Waals surface area contributed by atoms with E-state index in [1.165, 1.54) is 12.8 Å². The summed E-state index contributed by atoms with van der Waals surface area (Å²) < 4.78 is 2.83. The number of hydrogen-bond acceptors (Lipinski definition) is 3. The molecule has 3 heterocycles. The first-order valence-corrected chi connectivity index (χ1v) is 7.09. The molecule has 3 rings (SSSR count). The van der Waals surface area contributed by atoms with E-state index >= 15 is 0 Å². The molecule has 0 aliphatic carbocycles. The minimum Gasteiger partial charge on any atom is -0.506 e. The molecule has 1 saturated heterocycles. The molecule has 18 heavy (non-hydrogen) atoms. The van der Waals surface area contributed by atoms with Gasteiger partial charge in [-0.1, -0.05) is 0 Å². The van der Waals surface area contributed by atoms with Gasteiger partial charge in [0.25, 0.3) is 0 Å². The Morgan fingerprint density at radius 3 is 3.17 bits per heavy atom. The molecule has 0 bridgehead atoms. The molecule has 4 nitrogen and oxygen atoms in total. The predicted molar refractivity (Wildman–Crippen MR) is 73.9 cm³/mol. The number of imidazole rings is 1. The van der Waals surface area contributed by atoms with Gasteiger partial charge in [0.2, 0.25) is 0 Å². The Morgan fingerprint density at radius 2 is 2.39 bits per heavy atom. The molecular weight excluding hydrogens is 294 g/mol. The zero-order valence-electron chi connectivity index (χ0n) is 10.1. The third-order valence-corrected chi connectivity index (χ3v) is 4.10. The van der Waals surface area contributed by atoms with E-state index in [1.807, 2.05) is 10.5 Å². The van der Waals surface area contributed by atoms with Gasteiger partial charge in [0.1, 0.15) is 16.2 Å². The summed E-state index contributed by atoms with van der Waals surface area (Å²) in [6, 6.07) is 3.57. The van der Waals surface area contributed by atoms with E-state index in [1.54, 1.807) is 12.3 Å². The molecule has 1 aliphatic rings. The molecular formula is C13H16BrN3O. The van der Waals surface area contributed by atoms with Gasteiger partial charge in [0, 0.05) is 6.42 Å². The highest BCUT2D eigenvalue weighted by atomic mass is 79.9. The van der Waals surface area contributed by atoms with Crippen LogP contribution in [0, 0.1) is 5.92 Å². The van der Waals surface area contributed by atoms with Gasteiger partial charge in [-0.05, 0) is 59.9 Å². The molecule has 1 atom stereocenters. The fourth-order valence-corrected chi connectivity index (χ4v) is 3.12. The molecule has 1 unspecified atom stereocenters. The quantitative estimate of drug-likeness (QED) is 0.895. The van der Waals surface area contributed by atoms with Crippen LogP contribution in [0.15, 0.2) is 22.9 Å². The summed E-state index contributed by atoms with van der Waals surface area (Å²) in [5, 5.41) is 13.0. The maximum Gasteiger partial charge on any atom is 0.132 e. The van der Waals surface area contributed by atoms with Crippen LogP contribution in [-0.2, 0) is 6.42 Å². The number of nitrogens with one attached hydrogen (secondary N) is 1. The largest absolute Gasteiger partial charge is 0.506 e. The van der Waals surface area contributed by atoms with Gasteiger partial charge >= 0.3 is 0 Å². The van der Waals surface area contributed by atoms with Gasteiger partial charge in [0.15, 0.2) is 0 Å². The second kappa shape index (κ2) is 4.90. The molecule has 0 aromatic carbocycles. The molecule has 0 spiro atoms. The maximum absolute atomic E-state index is 9.59. The van der Waals surface area contributed by atoms with Crippen LogP contribution in [0.25, 0.3) is 5.52 Å². The highest BCUT2D eigenvalue weighted by Gasteiger charge is 2.17. The zero-order chi connectivity index (χ0) is 12.5. The number of halogens is 1. The van der Waals surface area contributed by atoms with E-state index in [9.17, 15) is 5.11 Å². The average Bonchev–Trinajstić information content (AvgIpc) is 2.67. The minimum atomic E-state index is 0.274. The van der Waals surface area contributed by atoms with Gasteiger partial charge in [-0.2, -0.15) is 0 Å². The highest BCUT2D eigenvalue weighted by molar-refractivity contribution is 9.10. The molecule has 96 valence electrons. The van der Waals surface area contributed by atoms with Crippen molar-refractivity contribution in [1.29, 1.82) is 0 Å². The Morgan fingerprint density at radius 1 is 1.50 bits per heavy atom. The molecule has 1 aliphatic heterocycles. The van der Waals surface area contributed by atoms with Crippen molar-refractivity contribution >= 4 is 21.4 Å². The maximum atomic E-state index is 9.59. The number of hydrogen-bond donors (Lipinski definition) is 2. The molecule has 1 fully saturated rings. The summed E-state index contributed by atoms with van der Waals surface area (Å²) in [5.74, 6) is 1.93. The zero-order valence-corrected chi connectivity index (χ0v) is 11.7. The van der Waals surface area contributed by atoms with E-state index in [0.717, 1.165) is 35.5 Å². The topological polar surface area (TPSA) is 49.6 Å². The van der Waals surface area contributed by atoms with Gasteiger partial charge in [-0.25, -0.2) is 4.98 Å². The second-order valence-corrected chi connectivity index (χ2v) is 5.63. The SMILES string of the molecule is Oc1ccc2c(Br)nc(CC3CCCNC3)n2c1. The van der Waals surface area contributed by atoms with Crippen LogP contribution in [0.1, 0.15) is 18.7 Å². The van der Waals surface area contributed by atoms with Crippen molar-refractivity contribution in [3.63, 3.8) is 0 Å². The number of aromatic hydroxyl groups is 1. The van der Waals surface area contributed by atoms with E-state index in [2.05, 4.69) is 26.2 Å². The van der Waals surface area contributed by atoms with E-state index in [-0.39, 0.29) is 5.75 Å². The van der Waals surface area contributed by atoms with Crippen LogP contribution in [0.4, 0.5) is 0 Å². The minimum absolute atomic E-state index is 0.274. The van der Waals surface area contributed by atoms with Crippen molar-refractivity contribution in [3.05, 3.63) is 28.8 Å². The lowest BCUT2D eigenvalue weighted by Crippen LogP contribution is -2.31. The Balaban J connectivity index is 1.93. The van der Waals surface area contributed by atoms with Crippen LogP contribution in [0.2, 0.25) is 0 Å². The summed E-state index contributed by atoms with van der Waals surface area (Å²) in [6.07, 6.45) is 5.17. The van der Waals surface area contributed by atoms with Crippen LogP contribution in [0.5, 0.6) is 5.75 Å². The van der Waals surface area contributed by atoms with Gasteiger partial charge in [-0.15, -0.1) is 0 Å². The first-order valence-electron chi connectivity index (χ1n) is 6.30. The van der Waals surface area contributed by atoms with Gasteiger partial charge in [0.05, 0.1) is 11.7 Å². The molecule has 0 saturated carbocycles. The van der Waals surface area contributed by atoms with Crippen molar-refractivity contribution in [2.45, 2.75) is 19.3 Å². The summed E-state index contributed by atoms with van der Waals surface area (Å²) in [4.78, 5) is 4.57. The standard InChI is InChI=1S/C13H16BrN3O/c14-13-11-4-3-10(18)8-17(11)12(16-13)6-9-2-1-5-15-7-9/h3-4,8-9,15,18H,1-2,5-7H2. The summed E-state index contributed by atoms with van der Waals surface area (Å²) in [7, 11) is 0. The molecule has 5 heteroatoms. The van der Waals surface area contributed by atoms with Crippen molar-refractivity contribution in [2.24, 2.45) is 5.92 Å². The van der Waals surface area contributed by atoms with E-state index in [0.29, 0.717) is 5.92 Å². The number of fused-ring (bicyclic) bond motifs is 1. The average molecular weight is 310 g/mol. The Hall–Kier alpha value is -1.07. The van der Waals surface area contributed by atoms with Crippen molar-refractivity contribution in [2.75, 3.05) is 13.1 Å². The predicted octanol–water partition coefficient (Wildman–Crippen LogP) is 2.34. The van der Waals surface area contributed by atoms with Crippen molar-refractivity contribution in [3.8, 4) is 5.75 Å². The lowest BCUT2D eigenvalue weighted by atomic mass is 9.96. The second-order valence-electron chi connectivity index (χ2n) is 4.88. The number of piperidine rings is 1. The van der Waals surface area contributed by atoms with Crippen LogP contribution >= 0.6 is 15.9 Å². The number of pyridine rings is 1. The van der Waals surface area contributed by atoms with Gasteiger partial charge < -0.3 is 10.4 Å². The Labute approximate surface area is 114 Å². The molecule has 2 aromatic rings. The number of rotatable bonds is 2. The molecule has 0 amide bonds. The normalized spacial score (nSPS) is 20.4. The number of aromatic nitrogens is 2. The lowest BCUT2D eigenvalue weighted by Gasteiger charge is -2.21. The Bertz CT molecular complexity index is 561. The summed E-state index contributed by atoms with van der Waals surface area (Å²) in [5.41, 5.74) is 1.01. The van der Waals surface area contributed by atoms with Gasteiger partial charge in [-0.3, -0.25) is 4.40 Å². The van der Waals surface area contributed by atoms with E-state index < -0.39 is 0 Å². The van der Waals surface area contributed by atoms with Crippen molar-refractivity contribution in [1.82, 2.24) is 14.7 Å². The fourth-order valence-electron chi connectivity index (χ4n) is 2.60. The molecule has 0 radical (unpaired) electrons.